The molecule has 10 nitrogen and oxygen atoms in total. The van der Waals surface area contributed by atoms with Crippen LogP contribution in [0.25, 0.3) is 11.5 Å². The highest BCUT2D eigenvalue weighted by molar-refractivity contribution is 7.86. The summed E-state index contributed by atoms with van der Waals surface area (Å²) in [6, 6.07) is 7.26. The lowest BCUT2D eigenvalue weighted by atomic mass is 10.1. The number of hydrogen-bond acceptors (Lipinski definition) is 7. The van der Waals surface area contributed by atoms with Gasteiger partial charge in [-0.2, -0.15) is 17.0 Å². The van der Waals surface area contributed by atoms with Crippen LogP contribution < -0.4 is 4.74 Å². The predicted molar refractivity (Wildman–Crippen MR) is 138 cm³/mol. The van der Waals surface area contributed by atoms with Gasteiger partial charge in [0, 0.05) is 38.3 Å². The molecule has 0 saturated carbocycles. The third-order valence-corrected chi connectivity index (χ3v) is 8.50. The monoisotopic (exact) mass is 582 g/mol. The summed E-state index contributed by atoms with van der Waals surface area (Å²) in [5.74, 6) is -4.56. The molecule has 0 aliphatic carbocycles. The number of oxazole rings is 1. The Hall–Kier alpha value is -3.46. The van der Waals surface area contributed by atoms with Crippen LogP contribution in [0.1, 0.15) is 22.6 Å². The van der Waals surface area contributed by atoms with E-state index in [2.05, 4.69) is 4.98 Å². The van der Waals surface area contributed by atoms with E-state index in [0.29, 0.717) is 24.4 Å². The fraction of sp³-hybridized carbons (Fsp3) is 0.385. The summed E-state index contributed by atoms with van der Waals surface area (Å²) in [7, 11) is -2.16. The molecule has 14 heteroatoms. The van der Waals surface area contributed by atoms with Gasteiger partial charge < -0.3 is 19.2 Å². The predicted octanol–water partition coefficient (Wildman–Crippen LogP) is 3.33. The number of benzene rings is 2. The Morgan fingerprint density at radius 3 is 2.50 bits per heavy atom. The molecular weight excluding hydrogens is 553 g/mol. The lowest BCUT2D eigenvalue weighted by molar-refractivity contribution is -0.137. The van der Waals surface area contributed by atoms with Gasteiger partial charge in [0.25, 0.3) is 10.2 Å². The zero-order chi connectivity index (χ0) is 29.2. The van der Waals surface area contributed by atoms with Crippen LogP contribution in [0, 0.1) is 31.3 Å². The Labute approximate surface area is 229 Å². The van der Waals surface area contributed by atoms with Crippen LogP contribution in [-0.4, -0.2) is 77.8 Å². The molecule has 0 unspecified atom stereocenters. The Balaban J connectivity index is 1.49. The Morgan fingerprint density at radius 1 is 1.12 bits per heavy atom. The molecular formula is C26H29F3N4O6S. The van der Waals surface area contributed by atoms with Gasteiger partial charge in [-0.1, -0.05) is 12.1 Å². The standard InChI is InChI=1S/C26H29F3N4O6S/c1-16-21(27)12-20(25(29)24(16)28)26-30-22(17(2)39-26)15-38-19-6-4-5-18(11-19)13-33(14-23(34)35)40(36,37)32-9-7-31(3)8-10-32/h4-6,11-12H,7-10,13-15H2,1-3H3,(H,34,35). The van der Waals surface area contributed by atoms with Crippen molar-refractivity contribution in [3.63, 3.8) is 0 Å². The van der Waals surface area contributed by atoms with E-state index in [4.69, 9.17) is 9.15 Å². The highest BCUT2D eigenvalue weighted by Crippen LogP contribution is 2.29. The van der Waals surface area contributed by atoms with E-state index in [-0.39, 0.29) is 43.6 Å². The van der Waals surface area contributed by atoms with Crippen molar-refractivity contribution in [1.29, 1.82) is 0 Å². The number of carboxylic acid groups (broad SMARTS) is 1. The number of halogens is 3. The van der Waals surface area contributed by atoms with Crippen LogP contribution >= 0.6 is 0 Å². The van der Waals surface area contributed by atoms with Crippen molar-refractivity contribution in [3.8, 4) is 17.2 Å². The molecule has 0 atom stereocenters. The van der Waals surface area contributed by atoms with Gasteiger partial charge in [0.1, 0.15) is 36.2 Å². The molecule has 2 aromatic carbocycles. The maximum atomic E-state index is 14.4. The number of aromatic nitrogens is 1. The lowest BCUT2D eigenvalue weighted by Crippen LogP contribution is -2.52. The number of piperazine rings is 1. The number of rotatable bonds is 10. The van der Waals surface area contributed by atoms with E-state index in [0.717, 1.165) is 17.3 Å². The van der Waals surface area contributed by atoms with Crippen LogP contribution in [-0.2, 0) is 28.2 Å². The first-order valence-corrected chi connectivity index (χ1v) is 13.7. The highest BCUT2D eigenvalue weighted by atomic mass is 32.2. The highest BCUT2D eigenvalue weighted by Gasteiger charge is 2.33. The van der Waals surface area contributed by atoms with Gasteiger partial charge in [0.05, 0.1) is 5.56 Å². The molecule has 40 heavy (non-hydrogen) atoms. The zero-order valence-electron chi connectivity index (χ0n) is 22.2. The summed E-state index contributed by atoms with van der Waals surface area (Å²) >= 11 is 0. The number of likely N-dealkylation sites (N-methyl/N-ethyl adjacent to an activating group) is 1. The minimum absolute atomic E-state index is 0.143. The molecule has 0 bridgehead atoms. The molecule has 1 aliphatic heterocycles. The van der Waals surface area contributed by atoms with Crippen LogP contribution in [0.3, 0.4) is 0 Å². The van der Waals surface area contributed by atoms with Gasteiger partial charge in [-0.25, -0.2) is 18.2 Å². The van der Waals surface area contributed by atoms with Crippen LogP contribution in [0.4, 0.5) is 13.2 Å². The average Bonchev–Trinajstić information content (AvgIpc) is 3.28. The van der Waals surface area contributed by atoms with Crippen molar-refractivity contribution in [2.45, 2.75) is 27.0 Å². The third kappa shape index (κ3) is 6.46. The van der Waals surface area contributed by atoms with E-state index in [1.165, 1.54) is 11.2 Å². The van der Waals surface area contributed by atoms with E-state index >= 15 is 0 Å². The molecule has 0 spiro atoms. The maximum absolute atomic E-state index is 14.4. The number of nitrogens with zero attached hydrogens (tertiary/aromatic N) is 4. The van der Waals surface area contributed by atoms with Crippen LogP contribution in [0.15, 0.2) is 34.7 Å². The Morgan fingerprint density at radius 2 is 1.82 bits per heavy atom. The SMILES string of the molecule is Cc1oc(-c2cc(F)c(C)c(F)c2F)nc1COc1cccc(CN(CC(=O)O)S(=O)(=O)N2CCN(C)CC2)c1. The van der Waals surface area contributed by atoms with Crippen LogP contribution in [0.2, 0.25) is 0 Å². The molecule has 1 aromatic heterocycles. The number of aliphatic carboxylic acids is 1. The number of carbonyl (C=O) groups is 1. The van der Waals surface area contributed by atoms with E-state index in [1.54, 1.807) is 24.3 Å². The van der Waals surface area contributed by atoms with Gasteiger partial charge in [0.2, 0.25) is 5.89 Å². The van der Waals surface area contributed by atoms with E-state index in [1.807, 2.05) is 11.9 Å². The van der Waals surface area contributed by atoms with Crippen molar-refractivity contribution < 1.29 is 40.6 Å². The van der Waals surface area contributed by atoms with E-state index < -0.39 is 51.3 Å². The van der Waals surface area contributed by atoms with Crippen molar-refractivity contribution in [1.82, 2.24) is 18.5 Å². The fourth-order valence-corrected chi connectivity index (χ4v) is 5.70. The molecule has 216 valence electrons. The molecule has 1 saturated heterocycles. The third-order valence-electron chi connectivity index (χ3n) is 6.57. The molecule has 1 fully saturated rings. The average molecular weight is 583 g/mol. The van der Waals surface area contributed by atoms with Crippen molar-refractivity contribution in [2.24, 2.45) is 0 Å². The normalized spacial score (nSPS) is 15.1. The van der Waals surface area contributed by atoms with E-state index in [9.17, 15) is 31.5 Å². The Kier molecular flexibility index (Phi) is 8.83. The quantitative estimate of drug-likeness (QED) is 0.362. The second kappa shape index (κ2) is 12.0. The molecule has 3 aromatic rings. The first-order valence-electron chi connectivity index (χ1n) is 12.3. The van der Waals surface area contributed by atoms with Gasteiger partial charge >= 0.3 is 5.97 Å². The molecule has 0 amide bonds. The lowest BCUT2D eigenvalue weighted by Gasteiger charge is -2.34. The molecule has 2 heterocycles. The first kappa shape index (κ1) is 29.5. The second-order valence-corrected chi connectivity index (χ2v) is 11.4. The summed E-state index contributed by atoms with van der Waals surface area (Å²) in [6.45, 7) is 3.18. The molecule has 4 rings (SSSR count). The largest absolute Gasteiger partial charge is 0.487 e. The number of hydrogen-bond donors (Lipinski definition) is 1. The summed E-state index contributed by atoms with van der Waals surface area (Å²) in [6.07, 6.45) is 0. The summed E-state index contributed by atoms with van der Waals surface area (Å²) < 4.78 is 82.2. The zero-order valence-corrected chi connectivity index (χ0v) is 23.0. The number of aryl methyl sites for hydroxylation is 1. The smallest absolute Gasteiger partial charge is 0.318 e. The van der Waals surface area contributed by atoms with Crippen molar-refractivity contribution in [3.05, 3.63) is 70.4 Å². The van der Waals surface area contributed by atoms with Crippen molar-refractivity contribution >= 4 is 16.2 Å². The Bertz CT molecular complexity index is 1510. The minimum atomic E-state index is -4.04. The van der Waals surface area contributed by atoms with Crippen molar-refractivity contribution in [2.75, 3.05) is 39.8 Å². The second-order valence-electron chi connectivity index (χ2n) is 9.49. The molecule has 1 N–H and O–H groups in total. The van der Waals surface area contributed by atoms with Gasteiger partial charge in [-0.3, -0.25) is 4.79 Å². The fourth-order valence-electron chi connectivity index (χ4n) is 4.16. The number of carboxylic acids is 1. The minimum Gasteiger partial charge on any atom is -0.487 e. The summed E-state index contributed by atoms with van der Waals surface area (Å²) in [5.41, 5.74) is -0.170. The topological polar surface area (TPSA) is 116 Å². The van der Waals surface area contributed by atoms with Gasteiger partial charge in [0.15, 0.2) is 11.6 Å². The maximum Gasteiger partial charge on any atom is 0.318 e. The first-order chi connectivity index (χ1) is 18.9. The van der Waals surface area contributed by atoms with Gasteiger partial charge in [-0.05, 0) is 44.7 Å². The van der Waals surface area contributed by atoms with Gasteiger partial charge in [-0.15, -0.1) is 0 Å². The number of ether oxygens (including phenoxy) is 1. The summed E-state index contributed by atoms with van der Waals surface area (Å²) in [4.78, 5) is 17.6. The molecule has 0 radical (unpaired) electrons. The molecule has 1 aliphatic rings. The summed E-state index contributed by atoms with van der Waals surface area (Å²) in [5, 5.41) is 9.36. The van der Waals surface area contributed by atoms with Crippen LogP contribution in [0.5, 0.6) is 5.75 Å².